The number of rotatable bonds is 7. The average molecular weight is 475 g/mol. The van der Waals surface area contributed by atoms with Crippen LogP contribution in [-0.4, -0.2) is 37.1 Å². The van der Waals surface area contributed by atoms with E-state index in [-0.39, 0.29) is 17.9 Å². The maximum Gasteiger partial charge on any atom is 0.339 e. The van der Waals surface area contributed by atoms with Gasteiger partial charge in [0.05, 0.1) is 18.2 Å². The summed E-state index contributed by atoms with van der Waals surface area (Å²) in [6.45, 7) is 6.88. The summed E-state index contributed by atoms with van der Waals surface area (Å²) in [7, 11) is 1.63. The van der Waals surface area contributed by atoms with Crippen LogP contribution in [-0.2, 0) is 28.8 Å². The van der Waals surface area contributed by atoms with Crippen molar-refractivity contribution < 1.29 is 19.1 Å². The van der Waals surface area contributed by atoms with Gasteiger partial charge in [-0.05, 0) is 66.3 Å². The number of hydrogen-bond acceptors (Lipinski definition) is 5. The van der Waals surface area contributed by atoms with Crippen LogP contribution in [0.1, 0.15) is 54.4 Å². The normalized spacial score (nSPS) is 15.4. The molecule has 1 heterocycles. The topological polar surface area (TPSA) is 77.5 Å². The minimum atomic E-state index is -0.459. The molecule has 0 fully saturated rings. The second-order valence-corrected chi connectivity index (χ2v) is 10.3. The summed E-state index contributed by atoms with van der Waals surface area (Å²) >= 11 is 0. The van der Waals surface area contributed by atoms with Gasteiger partial charge >= 0.3 is 5.97 Å². The first kappa shape index (κ1) is 24.7. The van der Waals surface area contributed by atoms with Crippen LogP contribution >= 0.6 is 0 Å². The third kappa shape index (κ3) is 5.81. The average Bonchev–Trinajstić information content (AvgIpc) is 2.85. The first-order chi connectivity index (χ1) is 16.8. The second kappa shape index (κ2) is 10.5. The highest BCUT2D eigenvalue weighted by molar-refractivity contribution is 6.05. The standard InChI is InChI=1S/C29H34N2O4/c1-29(2,3)20-11-14-25-23(17-20)27(22-7-5-6-8-24(22)31-25)28(33)35-18-26(32)30-16-15-19-9-12-21(34-4)13-10-19/h5-10,12-13,20H,11,14-18H2,1-4H3,(H,30,32)/t20-/m0/s1. The molecule has 184 valence electrons. The monoisotopic (exact) mass is 474 g/mol. The van der Waals surface area contributed by atoms with Crippen LogP contribution in [0.5, 0.6) is 5.75 Å². The summed E-state index contributed by atoms with van der Waals surface area (Å²) in [6.07, 6.45) is 3.36. The van der Waals surface area contributed by atoms with Gasteiger partial charge in [0.2, 0.25) is 0 Å². The summed E-state index contributed by atoms with van der Waals surface area (Å²) in [4.78, 5) is 30.5. The van der Waals surface area contributed by atoms with Gasteiger partial charge in [0.1, 0.15) is 5.75 Å². The van der Waals surface area contributed by atoms with Crippen molar-refractivity contribution in [2.45, 2.75) is 46.5 Å². The number of amides is 1. The Balaban J connectivity index is 1.44. The van der Waals surface area contributed by atoms with Crippen LogP contribution in [0.3, 0.4) is 0 Å². The van der Waals surface area contributed by atoms with Gasteiger partial charge in [0.15, 0.2) is 6.61 Å². The van der Waals surface area contributed by atoms with Crippen LogP contribution in [0.15, 0.2) is 48.5 Å². The van der Waals surface area contributed by atoms with Gasteiger partial charge in [0.25, 0.3) is 5.91 Å². The molecule has 35 heavy (non-hydrogen) atoms. The molecule has 2 aromatic carbocycles. The first-order valence-corrected chi connectivity index (χ1v) is 12.2. The molecule has 4 rings (SSSR count). The molecule has 0 bridgehead atoms. The molecule has 0 saturated carbocycles. The number of hydrogen-bond donors (Lipinski definition) is 1. The van der Waals surface area contributed by atoms with Gasteiger partial charge in [-0.1, -0.05) is 51.1 Å². The fraction of sp³-hybridized carbons (Fsp3) is 0.414. The number of aryl methyl sites for hydroxylation is 1. The molecule has 1 aromatic heterocycles. The number of aromatic nitrogens is 1. The molecule has 6 nitrogen and oxygen atoms in total. The van der Waals surface area contributed by atoms with Gasteiger partial charge < -0.3 is 14.8 Å². The predicted octanol–water partition coefficient (Wildman–Crippen LogP) is 4.91. The lowest BCUT2D eigenvalue weighted by molar-refractivity contribution is -0.124. The smallest absolute Gasteiger partial charge is 0.339 e. The lowest BCUT2D eigenvalue weighted by atomic mass is 9.70. The molecule has 1 aliphatic rings. The third-order valence-corrected chi connectivity index (χ3v) is 6.92. The van der Waals surface area contributed by atoms with Crippen LogP contribution in [0.25, 0.3) is 10.9 Å². The van der Waals surface area contributed by atoms with Gasteiger partial charge in [-0.3, -0.25) is 9.78 Å². The highest BCUT2D eigenvalue weighted by Gasteiger charge is 2.33. The molecule has 1 atom stereocenters. The van der Waals surface area contributed by atoms with Crippen molar-refractivity contribution in [1.82, 2.24) is 10.3 Å². The first-order valence-electron chi connectivity index (χ1n) is 12.2. The number of nitrogens with zero attached hydrogens (tertiary/aromatic N) is 1. The number of pyridine rings is 1. The molecule has 0 saturated heterocycles. The van der Waals surface area contributed by atoms with Gasteiger partial charge in [-0.2, -0.15) is 0 Å². The maximum atomic E-state index is 13.3. The van der Waals surface area contributed by atoms with E-state index in [2.05, 4.69) is 26.1 Å². The zero-order chi connectivity index (χ0) is 25.0. The minimum absolute atomic E-state index is 0.133. The van der Waals surface area contributed by atoms with Crippen LogP contribution in [0.4, 0.5) is 0 Å². The van der Waals surface area contributed by atoms with E-state index >= 15 is 0 Å². The number of para-hydroxylation sites is 1. The summed E-state index contributed by atoms with van der Waals surface area (Å²) in [5, 5.41) is 3.62. The SMILES string of the molecule is COc1ccc(CCNC(=O)COC(=O)c2c3c(nc4ccccc24)CC[C@H](C(C)(C)C)C3)cc1. The van der Waals surface area contributed by atoms with E-state index in [1.54, 1.807) is 7.11 Å². The van der Waals surface area contributed by atoms with Crippen molar-refractivity contribution in [2.24, 2.45) is 11.3 Å². The Hall–Kier alpha value is -3.41. The van der Waals surface area contributed by atoms with Crippen molar-refractivity contribution in [3.63, 3.8) is 0 Å². The second-order valence-electron chi connectivity index (χ2n) is 10.3. The van der Waals surface area contributed by atoms with E-state index in [1.165, 1.54) is 0 Å². The predicted molar refractivity (Wildman–Crippen MR) is 137 cm³/mol. The largest absolute Gasteiger partial charge is 0.497 e. The Morgan fingerprint density at radius 2 is 1.83 bits per heavy atom. The van der Waals surface area contributed by atoms with Crippen molar-refractivity contribution in [3.8, 4) is 5.75 Å². The number of ether oxygens (including phenoxy) is 2. The zero-order valence-electron chi connectivity index (χ0n) is 21.0. The lowest BCUT2D eigenvalue weighted by Crippen LogP contribution is -2.31. The number of esters is 1. The van der Waals surface area contributed by atoms with E-state index in [0.29, 0.717) is 24.4 Å². The van der Waals surface area contributed by atoms with E-state index in [0.717, 1.165) is 52.7 Å². The quantitative estimate of drug-likeness (QED) is 0.493. The summed E-state index contributed by atoms with van der Waals surface area (Å²) < 4.78 is 10.7. The van der Waals surface area contributed by atoms with Crippen molar-refractivity contribution in [3.05, 3.63) is 70.9 Å². The number of benzene rings is 2. The third-order valence-electron chi connectivity index (χ3n) is 6.92. The van der Waals surface area contributed by atoms with Gasteiger partial charge in [0, 0.05) is 17.6 Å². The number of fused-ring (bicyclic) bond motifs is 2. The van der Waals surface area contributed by atoms with E-state index < -0.39 is 5.97 Å². The Morgan fingerprint density at radius 3 is 2.54 bits per heavy atom. The fourth-order valence-electron chi connectivity index (χ4n) is 4.75. The molecule has 1 N–H and O–H groups in total. The van der Waals surface area contributed by atoms with Crippen LogP contribution in [0.2, 0.25) is 0 Å². The molecule has 6 heteroatoms. The van der Waals surface area contributed by atoms with Crippen molar-refractivity contribution in [1.29, 1.82) is 0 Å². The van der Waals surface area contributed by atoms with Crippen molar-refractivity contribution >= 4 is 22.8 Å². The van der Waals surface area contributed by atoms with E-state index in [1.807, 2.05) is 48.5 Å². The number of methoxy groups -OCH3 is 1. The van der Waals surface area contributed by atoms with Crippen LogP contribution in [0, 0.1) is 11.3 Å². The van der Waals surface area contributed by atoms with Gasteiger partial charge in [-0.15, -0.1) is 0 Å². The summed E-state index contributed by atoms with van der Waals surface area (Å²) in [5.41, 5.74) is 4.52. The van der Waals surface area contributed by atoms with Crippen molar-refractivity contribution in [2.75, 3.05) is 20.3 Å². The Bertz CT molecular complexity index is 1210. The highest BCUT2D eigenvalue weighted by Crippen LogP contribution is 2.39. The highest BCUT2D eigenvalue weighted by atomic mass is 16.5. The number of carbonyl (C=O) groups is 2. The molecule has 0 unspecified atom stereocenters. The summed E-state index contributed by atoms with van der Waals surface area (Å²) in [5.74, 6) is 0.474. The molecular weight excluding hydrogens is 440 g/mol. The fourth-order valence-corrected chi connectivity index (χ4v) is 4.75. The number of nitrogens with one attached hydrogen (secondary N) is 1. The lowest BCUT2D eigenvalue weighted by Gasteiger charge is -2.35. The molecule has 1 aliphatic carbocycles. The molecule has 0 aliphatic heterocycles. The summed E-state index contributed by atoms with van der Waals surface area (Å²) in [6, 6.07) is 15.4. The Morgan fingerprint density at radius 1 is 1.09 bits per heavy atom. The molecule has 0 radical (unpaired) electrons. The van der Waals surface area contributed by atoms with E-state index in [4.69, 9.17) is 14.5 Å². The number of carbonyl (C=O) groups excluding carboxylic acids is 2. The Labute approximate surface area is 207 Å². The zero-order valence-corrected chi connectivity index (χ0v) is 21.0. The maximum absolute atomic E-state index is 13.3. The van der Waals surface area contributed by atoms with Crippen LogP contribution < -0.4 is 10.1 Å². The molecule has 1 amide bonds. The molecular formula is C29H34N2O4. The Kier molecular flexibility index (Phi) is 7.39. The molecule has 0 spiro atoms. The minimum Gasteiger partial charge on any atom is -0.497 e. The van der Waals surface area contributed by atoms with E-state index in [9.17, 15) is 9.59 Å². The molecule has 3 aromatic rings. The van der Waals surface area contributed by atoms with Gasteiger partial charge in [-0.25, -0.2) is 4.79 Å².